The highest BCUT2D eigenvalue weighted by atomic mass is 127. The van der Waals surface area contributed by atoms with Gasteiger partial charge in [0, 0.05) is 31.3 Å². The summed E-state index contributed by atoms with van der Waals surface area (Å²) in [5.74, 6) is 0. The van der Waals surface area contributed by atoms with Crippen molar-refractivity contribution < 1.29 is 28.5 Å². The molecule has 2 aliphatic rings. The van der Waals surface area contributed by atoms with E-state index in [0.29, 0.717) is 3.57 Å². The molecule has 2 aliphatic heterocycles. The lowest BCUT2D eigenvalue weighted by atomic mass is 10.2. The van der Waals surface area contributed by atoms with Gasteiger partial charge in [-0.15, -0.1) is 0 Å². The predicted molar refractivity (Wildman–Crippen MR) is 116 cm³/mol. The Bertz CT molecular complexity index is 1200. The van der Waals surface area contributed by atoms with Gasteiger partial charge in [-0.3, -0.25) is 28.7 Å². The van der Waals surface area contributed by atoms with Crippen LogP contribution in [-0.4, -0.2) is 67.1 Å². The molecule has 2 aromatic rings. The quantitative estimate of drug-likeness (QED) is 0.328. The molecule has 2 saturated heterocycles. The molecule has 182 valence electrons. The first-order valence-corrected chi connectivity index (χ1v) is 10.9. The van der Waals surface area contributed by atoms with E-state index in [1.54, 1.807) is 22.6 Å². The van der Waals surface area contributed by atoms with Crippen molar-refractivity contribution in [3.05, 3.63) is 63.7 Å². The van der Waals surface area contributed by atoms with E-state index in [2.05, 4.69) is 9.97 Å². The number of aliphatic hydroxyl groups excluding tert-OH is 2. The second-order valence-electron chi connectivity index (χ2n) is 7.29. The smallest absolute Gasteiger partial charge is 0.330 e. The summed E-state index contributed by atoms with van der Waals surface area (Å²) in [6.07, 6.45) is -3.51. The SMILES string of the molecule is O=c1[nH]c(=O)n([C@H]2C[C@H](F)[C@@H](CO)O2)cc1I.O=c1ccn([C@H]2C[C@H](F)[C@@H](CO)O2)c(=O)[nH]1. The van der Waals surface area contributed by atoms with Crippen LogP contribution in [-0.2, 0) is 9.47 Å². The Kier molecular flexibility index (Phi) is 8.33. The van der Waals surface area contributed by atoms with Crippen LogP contribution in [0.25, 0.3) is 0 Å². The molecule has 0 radical (unpaired) electrons. The number of rotatable bonds is 4. The monoisotopic (exact) mass is 586 g/mol. The summed E-state index contributed by atoms with van der Waals surface area (Å²) in [5.41, 5.74) is -2.30. The lowest BCUT2D eigenvalue weighted by molar-refractivity contribution is -0.0357. The summed E-state index contributed by atoms with van der Waals surface area (Å²) < 4.78 is 39.5. The lowest BCUT2D eigenvalue weighted by Gasteiger charge is -2.14. The van der Waals surface area contributed by atoms with Gasteiger partial charge in [0.2, 0.25) is 0 Å². The van der Waals surface area contributed by atoms with E-state index < -0.39 is 72.7 Å². The van der Waals surface area contributed by atoms with Crippen LogP contribution in [0.1, 0.15) is 25.3 Å². The number of nitrogens with zero attached hydrogens (tertiary/aromatic N) is 2. The van der Waals surface area contributed by atoms with E-state index in [9.17, 15) is 28.0 Å². The number of H-pyrrole nitrogens is 2. The summed E-state index contributed by atoms with van der Waals surface area (Å²) in [7, 11) is 0. The molecule has 0 aromatic carbocycles. The fourth-order valence-corrected chi connectivity index (χ4v) is 3.81. The van der Waals surface area contributed by atoms with Crippen molar-refractivity contribution in [3.8, 4) is 0 Å². The summed E-state index contributed by atoms with van der Waals surface area (Å²) in [4.78, 5) is 49.0. The second kappa shape index (κ2) is 10.8. The maximum atomic E-state index is 13.4. The van der Waals surface area contributed by atoms with Crippen molar-refractivity contribution in [1.29, 1.82) is 0 Å². The fraction of sp³-hybridized carbons (Fsp3) is 0.556. The molecule has 2 fully saturated rings. The van der Waals surface area contributed by atoms with Gasteiger partial charge >= 0.3 is 11.4 Å². The Labute approximate surface area is 196 Å². The molecular weight excluding hydrogens is 565 g/mol. The average molecular weight is 586 g/mol. The lowest BCUT2D eigenvalue weighted by Crippen LogP contribution is -2.33. The highest BCUT2D eigenvalue weighted by Gasteiger charge is 2.37. The molecule has 0 amide bonds. The fourth-order valence-electron chi connectivity index (χ4n) is 3.38. The third kappa shape index (κ3) is 5.84. The number of aromatic nitrogens is 4. The van der Waals surface area contributed by atoms with Gasteiger partial charge in [0.1, 0.15) is 37.0 Å². The van der Waals surface area contributed by atoms with Crippen LogP contribution in [0.15, 0.2) is 37.6 Å². The standard InChI is InChI=1S/C9H10FIN2O4.C9H11FN2O4/c10-4-1-7(17-6(4)3-14)13-2-5(11)8(15)12-9(13)16;10-5-3-8(16-6(5)4-13)12-2-1-7(14)11-9(12)15/h2,4,6-7,14H,1,3H2,(H,12,15,16);1-2,5-6,8,13H,3-4H2,(H,11,14,15)/t4-,6+,7+;5-,6+,8+/m00/s1. The van der Waals surface area contributed by atoms with E-state index in [0.717, 1.165) is 15.2 Å². The first-order chi connectivity index (χ1) is 15.6. The van der Waals surface area contributed by atoms with E-state index in [1.165, 1.54) is 12.4 Å². The van der Waals surface area contributed by atoms with Crippen molar-refractivity contribution >= 4 is 22.6 Å². The van der Waals surface area contributed by atoms with Gasteiger partial charge in [-0.2, -0.15) is 0 Å². The molecule has 0 bridgehead atoms. The predicted octanol–water partition coefficient (Wildman–Crippen LogP) is -1.09. The number of aliphatic hydroxyl groups is 2. The zero-order chi connectivity index (χ0) is 24.3. The summed E-state index contributed by atoms with van der Waals surface area (Å²) in [5, 5.41) is 17.7. The van der Waals surface area contributed by atoms with Crippen LogP contribution in [0.2, 0.25) is 0 Å². The van der Waals surface area contributed by atoms with E-state index >= 15 is 0 Å². The third-order valence-electron chi connectivity index (χ3n) is 5.08. The van der Waals surface area contributed by atoms with Crippen molar-refractivity contribution in [2.75, 3.05) is 13.2 Å². The van der Waals surface area contributed by atoms with Gasteiger partial charge in [-0.05, 0) is 22.6 Å². The Morgan fingerprint density at radius 1 is 0.939 bits per heavy atom. The van der Waals surface area contributed by atoms with E-state index in [1.807, 2.05) is 0 Å². The van der Waals surface area contributed by atoms with E-state index in [4.69, 9.17) is 19.7 Å². The van der Waals surface area contributed by atoms with Gasteiger partial charge in [-0.25, -0.2) is 18.4 Å². The van der Waals surface area contributed by atoms with Gasteiger partial charge in [0.05, 0.1) is 16.8 Å². The molecule has 12 nitrogen and oxygen atoms in total. The summed E-state index contributed by atoms with van der Waals surface area (Å²) >= 11 is 1.77. The van der Waals surface area contributed by atoms with Crippen LogP contribution in [0.5, 0.6) is 0 Å². The molecule has 33 heavy (non-hydrogen) atoms. The maximum Gasteiger partial charge on any atom is 0.330 e. The Hall–Kier alpha value is -2.21. The number of halogens is 3. The number of nitrogens with one attached hydrogen (secondary N) is 2. The first-order valence-electron chi connectivity index (χ1n) is 9.77. The van der Waals surface area contributed by atoms with Gasteiger partial charge < -0.3 is 19.7 Å². The van der Waals surface area contributed by atoms with Crippen molar-refractivity contribution in [1.82, 2.24) is 19.1 Å². The number of aromatic amines is 2. The number of hydrogen-bond donors (Lipinski definition) is 4. The Balaban J connectivity index is 0.000000186. The molecule has 0 spiro atoms. The minimum absolute atomic E-state index is 0.0167. The Morgan fingerprint density at radius 3 is 1.94 bits per heavy atom. The summed E-state index contributed by atoms with van der Waals surface area (Å²) in [6, 6.07) is 1.16. The highest BCUT2D eigenvalue weighted by Crippen LogP contribution is 2.30. The van der Waals surface area contributed by atoms with E-state index in [-0.39, 0.29) is 12.8 Å². The molecule has 4 N–H and O–H groups in total. The topological polar surface area (TPSA) is 169 Å². The summed E-state index contributed by atoms with van der Waals surface area (Å²) in [6.45, 7) is -0.872. The van der Waals surface area contributed by atoms with Crippen LogP contribution in [0, 0.1) is 3.57 Å². The molecule has 4 rings (SSSR count). The van der Waals surface area contributed by atoms with Crippen LogP contribution < -0.4 is 22.5 Å². The molecule has 0 unspecified atom stereocenters. The molecule has 4 heterocycles. The Morgan fingerprint density at radius 2 is 1.45 bits per heavy atom. The van der Waals surface area contributed by atoms with Crippen molar-refractivity contribution in [2.24, 2.45) is 0 Å². The van der Waals surface area contributed by atoms with Crippen molar-refractivity contribution in [3.63, 3.8) is 0 Å². The number of hydrogen-bond acceptors (Lipinski definition) is 8. The van der Waals surface area contributed by atoms with Crippen LogP contribution in [0.4, 0.5) is 8.78 Å². The zero-order valence-electron chi connectivity index (χ0n) is 16.9. The van der Waals surface area contributed by atoms with Gasteiger partial charge in [-0.1, -0.05) is 0 Å². The average Bonchev–Trinajstić information content (AvgIpc) is 3.32. The minimum atomic E-state index is -1.32. The molecular formula is C18H21F2IN4O8. The molecule has 0 aliphatic carbocycles. The maximum absolute atomic E-state index is 13.4. The molecule has 6 atom stereocenters. The number of alkyl halides is 2. The van der Waals surface area contributed by atoms with Crippen LogP contribution >= 0.6 is 22.6 Å². The number of ether oxygens (including phenoxy) is 2. The minimum Gasteiger partial charge on any atom is -0.394 e. The normalized spacial score (nSPS) is 29.0. The largest absolute Gasteiger partial charge is 0.394 e. The van der Waals surface area contributed by atoms with Gasteiger partial charge in [0.25, 0.3) is 11.1 Å². The second-order valence-corrected chi connectivity index (χ2v) is 8.45. The van der Waals surface area contributed by atoms with Gasteiger partial charge in [0.15, 0.2) is 0 Å². The third-order valence-corrected chi connectivity index (χ3v) is 5.85. The van der Waals surface area contributed by atoms with Crippen molar-refractivity contribution in [2.45, 2.75) is 49.8 Å². The first kappa shape index (κ1) is 25.4. The molecule has 15 heteroatoms. The zero-order valence-corrected chi connectivity index (χ0v) is 19.1. The molecule has 0 saturated carbocycles. The van der Waals surface area contributed by atoms with Crippen LogP contribution in [0.3, 0.4) is 0 Å². The highest BCUT2D eigenvalue weighted by molar-refractivity contribution is 14.1. The molecule has 2 aromatic heterocycles.